The highest BCUT2D eigenvalue weighted by molar-refractivity contribution is 5.80. The Morgan fingerprint density at radius 2 is 2.10 bits per heavy atom. The van der Waals surface area contributed by atoms with Gasteiger partial charge in [-0.05, 0) is 43.6 Å². The third-order valence-electron chi connectivity index (χ3n) is 6.03. The number of guanidine groups is 1. The van der Waals surface area contributed by atoms with Gasteiger partial charge in [0.1, 0.15) is 5.82 Å². The number of hydrogen-bond acceptors (Lipinski definition) is 3. The van der Waals surface area contributed by atoms with E-state index in [2.05, 4.69) is 50.6 Å². The summed E-state index contributed by atoms with van der Waals surface area (Å²) < 4.78 is 3.48. The molecule has 29 heavy (non-hydrogen) atoms. The molecule has 1 unspecified atom stereocenters. The minimum Gasteiger partial charge on any atom is -0.356 e. The molecule has 1 fully saturated rings. The molecule has 3 heterocycles. The summed E-state index contributed by atoms with van der Waals surface area (Å²) in [4.78, 5) is 19.2. The van der Waals surface area contributed by atoms with Gasteiger partial charge in [-0.3, -0.25) is 9.56 Å². The number of nitrogens with one attached hydrogen (secondary N) is 1. The Labute approximate surface area is 172 Å². The van der Waals surface area contributed by atoms with E-state index in [4.69, 9.17) is 0 Å². The average Bonchev–Trinajstić information content (AvgIpc) is 3.34. The van der Waals surface area contributed by atoms with Gasteiger partial charge in [-0.2, -0.15) is 5.10 Å². The zero-order valence-corrected chi connectivity index (χ0v) is 17.4. The van der Waals surface area contributed by atoms with Crippen molar-refractivity contribution in [2.45, 2.75) is 51.6 Å². The molecule has 0 amide bonds. The van der Waals surface area contributed by atoms with Crippen LogP contribution in [0.4, 0.5) is 0 Å². The summed E-state index contributed by atoms with van der Waals surface area (Å²) >= 11 is 0. The van der Waals surface area contributed by atoms with E-state index in [0.717, 1.165) is 70.1 Å². The number of likely N-dealkylation sites (tertiary alicyclic amines) is 1. The first-order valence-corrected chi connectivity index (χ1v) is 10.9. The maximum absolute atomic E-state index is 12.4. The van der Waals surface area contributed by atoms with Crippen molar-refractivity contribution in [3.63, 3.8) is 0 Å². The number of hydrogen-bond donors (Lipinski definition) is 1. The lowest BCUT2D eigenvalue weighted by atomic mass is 9.99. The van der Waals surface area contributed by atoms with E-state index in [9.17, 15) is 4.79 Å². The van der Waals surface area contributed by atoms with Crippen LogP contribution in [0.5, 0.6) is 0 Å². The van der Waals surface area contributed by atoms with Crippen molar-refractivity contribution in [3.05, 3.63) is 52.2 Å². The summed E-state index contributed by atoms with van der Waals surface area (Å²) in [7, 11) is 1.85. The third-order valence-corrected chi connectivity index (χ3v) is 6.03. The largest absolute Gasteiger partial charge is 0.356 e. The molecule has 1 aromatic heterocycles. The van der Waals surface area contributed by atoms with Gasteiger partial charge >= 0.3 is 5.69 Å². The van der Waals surface area contributed by atoms with Gasteiger partial charge in [0.15, 0.2) is 5.96 Å². The quantitative estimate of drug-likeness (QED) is 0.460. The summed E-state index contributed by atoms with van der Waals surface area (Å²) in [5.74, 6) is 2.59. The monoisotopic (exact) mass is 396 g/mol. The first-order valence-electron chi connectivity index (χ1n) is 10.9. The van der Waals surface area contributed by atoms with Crippen molar-refractivity contribution in [1.82, 2.24) is 24.6 Å². The van der Waals surface area contributed by atoms with Crippen molar-refractivity contribution >= 4 is 5.96 Å². The highest BCUT2D eigenvalue weighted by atomic mass is 16.2. The normalized spacial score (nSPS) is 19.4. The fourth-order valence-electron chi connectivity index (χ4n) is 4.49. The fourth-order valence-corrected chi connectivity index (χ4v) is 4.49. The van der Waals surface area contributed by atoms with Crippen LogP contribution in [-0.4, -0.2) is 51.9 Å². The minimum absolute atomic E-state index is 0.0485. The van der Waals surface area contributed by atoms with Gasteiger partial charge in [0.25, 0.3) is 0 Å². The Morgan fingerprint density at radius 3 is 2.90 bits per heavy atom. The highest BCUT2D eigenvalue weighted by Crippen LogP contribution is 2.20. The van der Waals surface area contributed by atoms with Crippen LogP contribution in [0.15, 0.2) is 40.1 Å². The second-order valence-corrected chi connectivity index (χ2v) is 8.15. The van der Waals surface area contributed by atoms with E-state index in [1.807, 2.05) is 11.6 Å². The van der Waals surface area contributed by atoms with Crippen LogP contribution in [0.3, 0.4) is 0 Å². The number of aliphatic imine (C=N–C) groups is 1. The molecule has 0 radical (unpaired) electrons. The number of fused-ring (bicyclic) bond motifs is 1. The van der Waals surface area contributed by atoms with Crippen LogP contribution in [0, 0.1) is 5.92 Å². The maximum Gasteiger partial charge on any atom is 0.345 e. The van der Waals surface area contributed by atoms with Crippen molar-refractivity contribution in [2.24, 2.45) is 10.9 Å². The van der Waals surface area contributed by atoms with E-state index in [0.29, 0.717) is 12.5 Å². The summed E-state index contributed by atoms with van der Waals surface area (Å²) in [5, 5.41) is 7.99. The summed E-state index contributed by atoms with van der Waals surface area (Å²) in [6.45, 7) is 4.35. The number of rotatable bonds is 6. The van der Waals surface area contributed by atoms with Crippen molar-refractivity contribution < 1.29 is 0 Å². The zero-order chi connectivity index (χ0) is 20.1. The Kier molecular flexibility index (Phi) is 6.32. The second-order valence-electron chi connectivity index (χ2n) is 8.15. The van der Waals surface area contributed by atoms with Crippen molar-refractivity contribution in [2.75, 3.05) is 26.7 Å². The predicted octanol–water partition coefficient (Wildman–Crippen LogP) is 1.91. The number of nitrogens with zero attached hydrogens (tertiary/aromatic N) is 5. The molecule has 2 aliphatic rings. The van der Waals surface area contributed by atoms with E-state index < -0.39 is 0 Å². The van der Waals surface area contributed by atoms with E-state index in [-0.39, 0.29) is 5.69 Å². The molecule has 2 aliphatic heterocycles. The van der Waals surface area contributed by atoms with E-state index >= 15 is 0 Å². The van der Waals surface area contributed by atoms with Crippen LogP contribution >= 0.6 is 0 Å². The molecule has 2 aromatic rings. The van der Waals surface area contributed by atoms with Gasteiger partial charge in [-0.25, -0.2) is 9.48 Å². The Morgan fingerprint density at radius 1 is 1.24 bits per heavy atom. The third kappa shape index (κ3) is 4.71. The molecule has 4 rings (SSSR count). The lowest BCUT2D eigenvalue weighted by Gasteiger charge is -2.21. The Hall–Kier alpha value is -2.57. The molecule has 7 heteroatoms. The molecule has 0 saturated carbocycles. The molecule has 1 N–H and O–H groups in total. The molecule has 7 nitrogen and oxygen atoms in total. The number of aromatic nitrogens is 3. The minimum atomic E-state index is 0.0485. The number of benzene rings is 1. The van der Waals surface area contributed by atoms with Crippen LogP contribution in [0.1, 0.15) is 37.1 Å². The molecule has 1 saturated heterocycles. The Bertz CT molecular complexity index is 884. The number of aryl methyl sites for hydroxylation is 2. The molecule has 0 aliphatic carbocycles. The van der Waals surface area contributed by atoms with Crippen LogP contribution < -0.4 is 11.0 Å². The van der Waals surface area contributed by atoms with E-state index in [1.54, 1.807) is 4.68 Å². The predicted molar refractivity (Wildman–Crippen MR) is 115 cm³/mol. The fraction of sp³-hybridized carbons (Fsp3) is 0.591. The lowest BCUT2D eigenvalue weighted by molar-refractivity contribution is 0.455. The van der Waals surface area contributed by atoms with E-state index in [1.165, 1.54) is 12.0 Å². The smallest absolute Gasteiger partial charge is 0.345 e. The van der Waals surface area contributed by atoms with Crippen molar-refractivity contribution in [3.8, 4) is 0 Å². The van der Waals surface area contributed by atoms with Gasteiger partial charge in [0.2, 0.25) is 0 Å². The van der Waals surface area contributed by atoms with Gasteiger partial charge in [-0.15, -0.1) is 0 Å². The summed E-state index contributed by atoms with van der Waals surface area (Å²) in [6.07, 6.45) is 6.32. The van der Waals surface area contributed by atoms with Crippen LogP contribution in [0.2, 0.25) is 0 Å². The van der Waals surface area contributed by atoms with Crippen molar-refractivity contribution in [1.29, 1.82) is 0 Å². The summed E-state index contributed by atoms with van der Waals surface area (Å²) in [6, 6.07) is 10.7. The molecule has 0 bridgehead atoms. The van der Waals surface area contributed by atoms with Gasteiger partial charge < -0.3 is 10.2 Å². The maximum atomic E-state index is 12.4. The highest BCUT2D eigenvalue weighted by Gasteiger charge is 2.25. The topological polar surface area (TPSA) is 67.5 Å². The van der Waals surface area contributed by atoms with Gasteiger partial charge in [-0.1, -0.05) is 30.3 Å². The molecule has 156 valence electrons. The molecule has 1 atom stereocenters. The Balaban J connectivity index is 1.23. The average molecular weight is 397 g/mol. The van der Waals surface area contributed by atoms with Gasteiger partial charge in [0, 0.05) is 46.2 Å². The molecular weight excluding hydrogens is 364 g/mol. The summed E-state index contributed by atoms with van der Waals surface area (Å²) in [5.41, 5.74) is 1.46. The van der Waals surface area contributed by atoms with Crippen LogP contribution in [-0.2, 0) is 25.9 Å². The molecule has 1 aromatic carbocycles. The van der Waals surface area contributed by atoms with Gasteiger partial charge in [0.05, 0.1) is 0 Å². The second kappa shape index (κ2) is 9.29. The molecule has 0 spiro atoms. The van der Waals surface area contributed by atoms with Crippen LogP contribution in [0.25, 0.3) is 0 Å². The standard InChI is InChI=1S/C22H32N6O/c1-23-21(26-15-11-19(17-26)16-18-8-3-2-4-9-18)24-12-7-14-28-22(29)27-13-6-5-10-20(27)25-28/h2-4,8-9,19H,5-7,10-17H2,1H3,(H,23,24). The zero-order valence-electron chi connectivity index (χ0n) is 17.4. The molecular formula is C22H32N6O. The first kappa shape index (κ1) is 19.7. The SMILES string of the molecule is CN=C(NCCCn1nc2n(c1=O)CCCC2)N1CCC(Cc2ccccc2)C1. The lowest BCUT2D eigenvalue weighted by Crippen LogP contribution is -2.40. The first-order chi connectivity index (χ1) is 14.2.